The molecule has 2 atom stereocenters. The van der Waals surface area contributed by atoms with Crippen LogP contribution in [-0.2, 0) is 25.6 Å². The zero-order chi connectivity index (χ0) is 26.1. The topological polar surface area (TPSA) is 94.9 Å². The van der Waals surface area contributed by atoms with Crippen molar-refractivity contribution in [3.63, 3.8) is 0 Å². The van der Waals surface area contributed by atoms with E-state index in [0.717, 1.165) is 11.0 Å². The smallest absolute Gasteiger partial charge is 0.391 e. The van der Waals surface area contributed by atoms with Crippen molar-refractivity contribution < 1.29 is 37.0 Å². The highest BCUT2D eigenvalue weighted by atomic mass is 35.5. The van der Waals surface area contributed by atoms with Crippen LogP contribution in [0.15, 0.2) is 48.4 Å². The first-order valence-electron chi connectivity index (χ1n) is 11.0. The summed E-state index contributed by atoms with van der Waals surface area (Å²) >= 11 is 6.05. The maximum atomic E-state index is 13.3. The van der Waals surface area contributed by atoms with E-state index >= 15 is 0 Å². The van der Waals surface area contributed by atoms with Crippen LogP contribution in [0.25, 0.3) is 0 Å². The van der Waals surface area contributed by atoms with Gasteiger partial charge in [-0.2, -0.15) is 18.3 Å². The predicted octanol–water partition coefficient (Wildman–Crippen LogP) is 3.75. The Balaban J connectivity index is 1.42. The highest BCUT2D eigenvalue weighted by Gasteiger charge is 2.42. The van der Waals surface area contributed by atoms with Gasteiger partial charge in [-0.25, -0.2) is 0 Å². The zero-order valence-corrected chi connectivity index (χ0v) is 20.2. The second-order valence-corrected chi connectivity index (χ2v) is 9.21. The summed E-state index contributed by atoms with van der Waals surface area (Å²) in [6.07, 6.45) is -3.92. The molecule has 2 aliphatic heterocycles. The molecule has 4 rings (SSSR count). The molecule has 0 radical (unpaired) electrons. The molecule has 2 amide bonds. The standard InChI is InChI=1S/C23H24ClF3N4O5/c1-22(2)34-13-15(36-22)11-30-8-7-19(29-30)28-21(33)17(10-23(25,26)27)31-12-14(9-20(31)32)35-18-6-4-3-5-16(18)24/h3-9,15,17H,10-13H2,1-2H3,(H,28,29,33)/t15-,17?/m1/s1. The van der Waals surface area contributed by atoms with Crippen molar-refractivity contribution in [2.24, 2.45) is 0 Å². The molecule has 0 aliphatic carbocycles. The van der Waals surface area contributed by atoms with Crippen LogP contribution in [0.1, 0.15) is 20.3 Å². The first-order valence-corrected chi connectivity index (χ1v) is 11.4. The van der Waals surface area contributed by atoms with Crippen LogP contribution in [0.5, 0.6) is 5.75 Å². The molecule has 0 bridgehead atoms. The summed E-state index contributed by atoms with van der Waals surface area (Å²) in [7, 11) is 0. The number of anilines is 1. The number of rotatable bonds is 8. The lowest BCUT2D eigenvalue weighted by Gasteiger charge is -2.27. The fourth-order valence-corrected chi connectivity index (χ4v) is 4.05. The minimum atomic E-state index is -4.71. The van der Waals surface area contributed by atoms with Crippen LogP contribution in [0.2, 0.25) is 5.02 Å². The molecule has 36 heavy (non-hydrogen) atoms. The number of hydrogen-bond acceptors (Lipinski definition) is 6. The molecule has 1 saturated heterocycles. The fraction of sp³-hybridized carbons (Fsp3) is 0.435. The zero-order valence-electron chi connectivity index (χ0n) is 19.4. The molecule has 194 valence electrons. The van der Waals surface area contributed by atoms with Crippen LogP contribution in [0, 0.1) is 0 Å². The number of hydrogen-bond donors (Lipinski definition) is 1. The van der Waals surface area contributed by atoms with Gasteiger partial charge in [0.25, 0.3) is 5.91 Å². The average molecular weight is 529 g/mol. The summed E-state index contributed by atoms with van der Waals surface area (Å²) in [6.45, 7) is 3.90. The van der Waals surface area contributed by atoms with Gasteiger partial charge in [0.05, 0.1) is 31.1 Å². The monoisotopic (exact) mass is 528 g/mol. The van der Waals surface area contributed by atoms with Gasteiger partial charge in [-0.15, -0.1) is 0 Å². The summed E-state index contributed by atoms with van der Waals surface area (Å²) in [5.74, 6) is -2.18. The molecule has 1 fully saturated rings. The van der Waals surface area contributed by atoms with Crippen LogP contribution >= 0.6 is 11.6 Å². The summed E-state index contributed by atoms with van der Waals surface area (Å²) in [4.78, 5) is 26.2. The van der Waals surface area contributed by atoms with Crippen molar-refractivity contribution in [3.8, 4) is 5.75 Å². The molecule has 1 unspecified atom stereocenters. The number of amides is 2. The lowest BCUT2D eigenvalue weighted by Crippen LogP contribution is -2.47. The van der Waals surface area contributed by atoms with E-state index in [1.807, 2.05) is 0 Å². The minimum Gasteiger partial charge on any atom is -0.458 e. The fourth-order valence-electron chi connectivity index (χ4n) is 3.87. The van der Waals surface area contributed by atoms with Gasteiger partial charge in [0.2, 0.25) is 5.91 Å². The lowest BCUT2D eigenvalue weighted by molar-refractivity contribution is -0.158. The number of carbonyl (C=O) groups is 2. The maximum absolute atomic E-state index is 13.3. The predicted molar refractivity (Wildman–Crippen MR) is 122 cm³/mol. The normalized spacial score (nSPS) is 20.4. The van der Waals surface area contributed by atoms with Crippen LogP contribution in [0.4, 0.5) is 19.0 Å². The number of halogens is 4. The number of carbonyl (C=O) groups excluding carboxylic acids is 2. The van der Waals surface area contributed by atoms with Crippen molar-refractivity contribution in [2.75, 3.05) is 18.5 Å². The van der Waals surface area contributed by atoms with Gasteiger partial charge >= 0.3 is 6.18 Å². The number of nitrogens with one attached hydrogen (secondary N) is 1. The first kappa shape index (κ1) is 26.0. The molecule has 0 saturated carbocycles. The number of ether oxygens (including phenoxy) is 3. The molecule has 1 aromatic heterocycles. The van der Waals surface area contributed by atoms with E-state index in [-0.39, 0.29) is 35.0 Å². The van der Waals surface area contributed by atoms with E-state index in [1.165, 1.54) is 10.7 Å². The van der Waals surface area contributed by atoms with Crippen molar-refractivity contribution in [3.05, 3.63) is 53.4 Å². The Kier molecular flexibility index (Phi) is 7.30. The van der Waals surface area contributed by atoms with Crippen LogP contribution in [-0.4, -0.2) is 63.8 Å². The van der Waals surface area contributed by atoms with Gasteiger partial charge in [-0.05, 0) is 26.0 Å². The largest absolute Gasteiger partial charge is 0.458 e. The third kappa shape index (κ3) is 6.56. The Hall–Kier alpha value is -3.09. The SMILES string of the molecule is CC1(C)OC[C@@H](Cn2ccc(NC(=O)C(CC(F)(F)F)N3CC(Oc4ccccc4Cl)=CC3=O)n2)O1. The van der Waals surface area contributed by atoms with Gasteiger partial charge in [0.15, 0.2) is 11.6 Å². The molecule has 1 aromatic carbocycles. The van der Waals surface area contributed by atoms with E-state index in [2.05, 4.69) is 10.4 Å². The Bertz CT molecular complexity index is 1170. The highest BCUT2D eigenvalue weighted by Crippen LogP contribution is 2.30. The molecular weight excluding hydrogens is 505 g/mol. The summed E-state index contributed by atoms with van der Waals surface area (Å²) in [6, 6.07) is 6.06. The number of nitrogens with zero attached hydrogens (tertiary/aromatic N) is 3. The minimum absolute atomic E-state index is 0.0393. The van der Waals surface area contributed by atoms with E-state index < -0.39 is 36.2 Å². The Morgan fingerprint density at radius 3 is 2.75 bits per heavy atom. The Morgan fingerprint density at radius 2 is 2.08 bits per heavy atom. The van der Waals surface area contributed by atoms with Gasteiger partial charge in [-0.3, -0.25) is 14.3 Å². The molecule has 0 spiro atoms. The first-order chi connectivity index (χ1) is 16.9. The third-order valence-electron chi connectivity index (χ3n) is 5.43. The molecule has 1 N–H and O–H groups in total. The summed E-state index contributed by atoms with van der Waals surface area (Å²) < 4.78 is 58.3. The molecule has 3 heterocycles. The van der Waals surface area contributed by atoms with Gasteiger partial charge < -0.3 is 24.4 Å². The summed E-state index contributed by atoms with van der Waals surface area (Å²) in [5, 5.41) is 6.82. The van der Waals surface area contributed by atoms with Crippen LogP contribution < -0.4 is 10.1 Å². The van der Waals surface area contributed by atoms with E-state index in [0.29, 0.717) is 13.2 Å². The molecule has 13 heteroatoms. The lowest BCUT2D eigenvalue weighted by atomic mass is 10.1. The van der Waals surface area contributed by atoms with Crippen molar-refractivity contribution in [1.29, 1.82) is 0 Å². The quantitative estimate of drug-likeness (QED) is 0.561. The van der Waals surface area contributed by atoms with E-state index in [4.69, 9.17) is 25.8 Å². The summed E-state index contributed by atoms with van der Waals surface area (Å²) in [5.41, 5.74) is 0. The number of aromatic nitrogens is 2. The van der Waals surface area contributed by atoms with Crippen molar-refractivity contribution >= 4 is 29.2 Å². The van der Waals surface area contributed by atoms with Crippen LogP contribution in [0.3, 0.4) is 0 Å². The molecule has 9 nitrogen and oxygen atoms in total. The number of para-hydroxylation sites is 1. The van der Waals surface area contributed by atoms with Gasteiger partial charge in [0, 0.05) is 18.3 Å². The number of benzene rings is 1. The van der Waals surface area contributed by atoms with Crippen molar-refractivity contribution in [1.82, 2.24) is 14.7 Å². The van der Waals surface area contributed by atoms with E-state index in [9.17, 15) is 22.8 Å². The number of alkyl halides is 3. The second-order valence-electron chi connectivity index (χ2n) is 8.81. The Morgan fingerprint density at radius 1 is 1.33 bits per heavy atom. The van der Waals surface area contributed by atoms with Gasteiger partial charge in [0.1, 0.15) is 23.7 Å². The highest BCUT2D eigenvalue weighted by molar-refractivity contribution is 6.32. The Labute approximate surface area is 209 Å². The second kappa shape index (κ2) is 10.1. The average Bonchev–Trinajstić information content (AvgIpc) is 3.46. The third-order valence-corrected chi connectivity index (χ3v) is 5.74. The molecule has 2 aliphatic rings. The van der Waals surface area contributed by atoms with E-state index in [1.54, 1.807) is 44.3 Å². The molecule has 2 aromatic rings. The molecular formula is C23H24ClF3N4O5. The van der Waals surface area contributed by atoms with Gasteiger partial charge in [-0.1, -0.05) is 23.7 Å². The van der Waals surface area contributed by atoms with Crippen molar-refractivity contribution in [2.45, 2.75) is 50.9 Å². The maximum Gasteiger partial charge on any atom is 0.391 e.